The molecule has 5 nitrogen and oxygen atoms in total. The standard InChI is InChI=1S/C17H24N4O/c1-20(12-14-6-4-7-14)17(22)18-10-5-11-21-13-19-15-8-2-3-9-16(15)21/h2-3,8-9,13-14H,4-7,10-12H2,1H3,(H,18,22). The first kappa shape index (κ1) is 14.9. The van der Waals surface area contributed by atoms with Crippen molar-refractivity contribution in [1.29, 1.82) is 0 Å². The largest absolute Gasteiger partial charge is 0.338 e. The van der Waals surface area contributed by atoms with Crippen molar-refractivity contribution in [3.05, 3.63) is 30.6 Å². The minimum Gasteiger partial charge on any atom is -0.338 e. The minimum absolute atomic E-state index is 0.0439. The Kier molecular flexibility index (Phi) is 4.61. The molecule has 5 heteroatoms. The molecule has 1 aliphatic carbocycles. The van der Waals surface area contributed by atoms with Crippen molar-refractivity contribution >= 4 is 17.1 Å². The summed E-state index contributed by atoms with van der Waals surface area (Å²) in [6.07, 6.45) is 6.63. The highest BCUT2D eigenvalue weighted by atomic mass is 16.2. The average Bonchev–Trinajstić information content (AvgIpc) is 2.90. The van der Waals surface area contributed by atoms with Crippen LogP contribution >= 0.6 is 0 Å². The Morgan fingerprint density at radius 2 is 2.23 bits per heavy atom. The molecule has 1 aromatic carbocycles. The Morgan fingerprint density at radius 1 is 1.41 bits per heavy atom. The number of hydrogen-bond donors (Lipinski definition) is 1. The molecule has 0 aliphatic heterocycles. The van der Waals surface area contributed by atoms with E-state index in [2.05, 4.69) is 20.9 Å². The van der Waals surface area contributed by atoms with E-state index in [-0.39, 0.29) is 6.03 Å². The van der Waals surface area contributed by atoms with Crippen LogP contribution in [0.15, 0.2) is 30.6 Å². The number of nitrogens with zero attached hydrogens (tertiary/aromatic N) is 3. The highest BCUT2D eigenvalue weighted by molar-refractivity contribution is 5.75. The Labute approximate surface area is 131 Å². The number of imidazole rings is 1. The van der Waals surface area contributed by atoms with Crippen molar-refractivity contribution < 1.29 is 4.79 Å². The lowest BCUT2D eigenvalue weighted by molar-refractivity contribution is 0.182. The van der Waals surface area contributed by atoms with Crippen LogP contribution in [-0.4, -0.2) is 40.6 Å². The van der Waals surface area contributed by atoms with Gasteiger partial charge in [0.05, 0.1) is 17.4 Å². The van der Waals surface area contributed by atoms with E-state index in [1.54, 1.807) is 0 Å². The second-order valence-electron chi connectivity index (χ2n) is 6.19. The van der Waals surface area contributed by atoms with E-state index >= 15 is 0 Å². The van der Waals surface area contributed by atoms with Crippen molar-refractivity contribution in [2.24, 2.45) is 5.92 Å². The van der Waals surface area contributed by atoms with Gasteiger partial charge in [-0.1, -0.05) is 18.6 Å². The van der Waals surface area contributed by atoms with Crippen LogP contribution in [0.25, 0.3) is 11.0 Å². The number of carbonyl (C=O) groups is 1. The van der Waals surface area contributed by atoms with Gasteiger partial charge in [0.1, 0.15) is 0 Å². The third-order valence-corrected chi connectivity index (χ3v) is 4.48. The first-order valence-electron chi connectivity index (χ1n) is 8.13. The van der Waals surface area contributed by atoms with Crippen molar-refractivity contribution in [2.75, 3.05) is 20.1 Å². The molecule has 0 atom stereocenters. The Hall–Kier alpha value is -2.04. The SMILES string of the molecule is CN(CC1CCC1)C(=O)NCCCn1cnc2ccccc21. The molecule has 0 bridgehead atoms. The van der Waals surface area contributed by atoms with E-state index in [9.17, 15) is 4.79 Å². The van der Waals surface area contributed by atoms with Gasteiger partial charge < -0.3 is 14.8 Å². The first-order valence-corrected chi connectivity index (χ1v) is 8.13. The molecule has 1 saturated carbocycles. The zero-order valence-corrected chi connectivity index (χ0v) is 13.2. The van der Waals surface area contributed by atoms with Crippen LogP contribution in [0.1, 0.15) is 25.7 Å². The number of amides is 2. The summed E-state index contributed by atoms with van der Waals surface area (Å²) in [5.41, 5.74) is 2.17. The number of nitrogens with one attached hydrogen (secondary N) is 1. The monoisotopic (exact) mass is 300 g/mol. The van der Waals surface area contributed by atoms with E-state index in [1.807, 2.05) is 36.5 Å². The molecule has 0 spiro atoms. The fraction of sp³-hybridized carbons (Fsp3) is 0.529. The zero-order chi connectivity index (χ0) is 15.4. The van der Waals surface area contributed by atoms with Gasteiger partial charge in [-0.2, -0.15) is 0 Å². The molecule has 0 unspecified atom stereocenters. The van der Waals surface area contributed by atoms with Gasteiger partial charge in [0, 0.05) is 26.7 Å². The molecule has 22 heavy (non-hydrogen) atoms. The molecule has 1 aromatic heterocycles. The van der Waals surface area contributed by atoms with Gasteiger partial charge >= 0.3 is 6.03 Å². The molecule has 1 aliphatic rings. The maximum absolute atomic E-state index is 12.0. The number of para-hydroxylation sites is 2. The van der Waals surface area contributed by atoms with Crippen molar-refractivity contribution in [3.63, 3.8) is 0 Å². The minimum atomic E-state index is 0.0439. The third-order valence-electron chi connectivity index (χ3n) is 4.48. The molecule has 0 saturated heterocycles. The molecule has 0 radical (unpaired) electrons. The summed E-state index contributed by atoms with van der Waals surface area (Å²) >= 11 is 0. The number of aromatic nitrogens is 2. The normalized spacial score (nSPS) is 14.8. The molecular formula is C17H24N4O. The molecule has 1 fully saturated rings. The van der Waals surface area contributed by atoms with Crippen LogP contribution < -0.4 is 5.32 Å². The Balaban J connectivity index is 1.40. The maximum Gasteiger partial charge on any atom is 0.317 e. The Morgan fingerprint density at radius 3 is 3.00 bits per heavy atom. The van der Waals surface area contributed by atoms with Gasteiger partial charge in [-0.3, -0.25) is 0 Å². The molecule has 3 rings (SSSR count). The smallest absolute Gasteiger partial charge is 0.317 e. The highest BCUT2D eigenvalue weighted by Crippen LogP contribution is 2.26. The number of hydrogen-bond acceptors (Lipinski definition) is 2. The number of benzene rings is 1. The summed E-state index contributed by atoms with van der Waals surface area (Å²) in [5.74, 6) is 0.716. The molecular weight excluding hydrogens is 276 g/mol. The lowest BCUT2D eigenvalue weighted by Gasteiger charge is -2.30. The molecule has 118 valence electrons. The summed E-state index contributed by atoms with van der Waals surface area (Å²) < 4.78 is 2.14. The van der Waals surface area contributed by atoms with Gasteiger partial charge in [-0.15, -0.1) is 0 Å². The fourth-order valence-electron chi connectivity index (χ4n) is 2.91. The highest BCUT2D eigenvalue weighted by Gasteiger charge is 2.21. The molecule has 1 N–H and O–H groups in total. The number of fused-ring (bicyclic) bond motifs is 1. The molecule has 2 amide bonds. The van der Waals surface area contributed by atoms with Gasteiger partial charge in [0.15, 0.2) is 0 Å². The van der Waals surface area contributed by atoms with Gasteiger partial charge in [-0.05, 0) is 37.3 Å². The van der Waals surface area contributed by atoms with Crippen LogP contribution in [0.3, 0.4) is 0 Å². The van der Waals surface area contributed by atoms with Gasteiger partial charge in [0.2, 0.25) is 0 Å². The number of aryl methyl sites for hydroxylation is 1. The lowest BCUT2D eigenvalue weighted by atomic mass is 9.85. The second kappa shape index (κ2) is 6.81. The fourth-order valence-corrected chi connectivity index (χ4v) is 2.91. The lowest BCUT2D eigenvalue weighted by Crippen LogP contribution is -2.41. The predicted octanol–water partition coefficient (Wildman–Crippen LogP) is 2.87. The van der Waals surface area contributed by atoms with Crippen molar-refractivity contribution in [1.82, 2.24) is 19.8 Å². The number of urea groups is 1. The van der Waals surface area contributed by atoms with E-state index < -0.39 is 0 Å². The predicted molar refractivity (Wildman–Crippen MR) is 87.7 cm³/mol. The first-order chi connectivity index (χ1) is 10.7. The third kappa shape index (κ3) is 3.40. The Bertz CT molecular complexity index is 632. The van der Waals surface area contributed by atoms with Gasteiger partial charge in [-0.25, -0.2) is 9.78 Å². The number of carbonyl (C=O) groups excluding carboxylic acids is 1. The van der Waals surface area contributed by atoms with Crippen LogP contribution in [0, 0.1) is 5.92 Å². The van der Waals surface area contributed by atoms with E-state index in [4.69, 9.17) is 0 Å². The summed E-state index contributed by atoms with van der Waals surface area (Å²) in [6.45, 7) is 2.45. The van der Waals surface area contributed by atoms with E-state index in [0.29, 0.717) is 12.5 Å². The van der Waals surface area contributed by atoms with E-state index in [0.717, 1.165) is 30.5 Å². The maximum atomic E-state index is 12.0. The summed E-state index contributed by atoms with van der Waals surface area (Å²) in [6, 6.07) is 8.16. The van der Waals surface area contributed by atoms with Crippen molar-refractivity contribution in [2.45, 2.75) is 32.2 Å². The number of rotatable bonds is 6. The average molecular weight is 300 g/mol. The summed E-state index contributed by atoms with van der Waals surface area (Å²) in [7, 11) is 1.89. The van der Waals surface area contributed by atoms with Crippen LogP contribution in [0.5, 0.6) is 0 Å². The van der Waals surface area contributed by atoms with Crippen LogP contribution in [-0.2, 0) is 6.54 Å². The van der Waals surface area contributed by atoms with Crippen molar-refractivity contribution in [3.8, 4) is 0 Å². The van der Waals surface area contributed by atoms with Gasteiger partial charge in [0.25, 0.3) is 0 Å². The van der Waals surface area contributed by atoms with Crippen LogP contribution in [0.4, 0.5) is 4.79 Å². The topological polar surface area (TPSA) is 50.2 Å². The molecule has 2 aromatic rings. The van der Waals surface area contributed by atoms with Crippen LogP contribution in [0.2, 0.25) is 0 Å². The summed E-state index contributed by atoms with van der Waals surface area (Å²) in [4.78, 5) is 18.2. The zero-order valence-electron chi connectivity index (χ0n) is 13.2. The molecule has 1 heterocycles. The quantitative estimate of drug-likeness (QED) is 0.834. The van der Waals surface area contributed by atoms with E-state index in [1.165, 1.54) is 19.3 Å². The summed E-state index contributed by atoms with van der Waals surface area (Å²) in [5, 5.41) is 3.00. The second-order valence-corrected chi connectivity index (χ2v) is 6.19.